The van der Waals surface area contributed by atoms with E-state index in [0.29, 0.717) is 19.6 Å². The van der Waals surface area contributed by atoms with Crippen LogP contribution in [0.4, 0.5) is 4.39 Å². The van der Waals surface area contributed by atoms with E-state index in [1.54, 1.807) is 12.1 Å². The fraction of sp³-hybridized carbons (Fsp3) is 0.389. The molecule has 0 aliphatic carbocycles. The molecule has 1 fully saturated rings. The van der Waals surface area contributed by atoms with Crippen LogP contribution < -0.4 is 0 Å². The number of hydrogen-bond acceptors (Lipinski definition) is 4. The maximum Gasteiger partial charge on any atom is 0.264 e. The highest BCUT2D eigenvalue weighted by molar-refractivity contribution is 7.17. The van der Waals surface area contributed by atoms with Crippen LogP contribution in [0.3, 0.4) is 0 Å². The van der Waals surface area contributed by atoms with Gasteiger partial charge in [0, 0.05) is 37.6 Å². The van der Waals surface area contributed by atoms with Crippen molar-refractivity contribution in [1.29, 1.82) is 0 Å². The Balaban J connectivity index is 1.73. The number of rotatable bonds is 4. The first-order valence-electron chi connectivity index (χ1n) is 8.07. The molecule has 1 amide bonds. The predicted octanol–water partition coefficient (Wildman–Crippen LogP) is 2.61. The van der Waals surface area contributed by atoms with Gasteiger partial charge in [-0.25, -0.2) is 4.39 Å². The second-order valence-electron chi connectivity index (χ2n) is 5.99. The molecule has 0 bridgehead atoms. The quantitative estimate of drug-likeness (QED) is 0.924. The van der Waals surface area contributed by atoms with Crippen LogP contribution in [0.1, 0.15) is 15.2 Å². The number of nitrogens with zero attached hydrogens (tertiary/aromatic N) is 2. The summed E-state index contributed by atoms with van der Waals surface area (Å²) in [7, 11) is 0. The minimum atomic E-state index is -0.259. The van der Waals surface area contributed by atoms with Gasteiger partial charge in [0.05, 0.1) is 11.5 Å². The molecule has 1 aliphatic heterocycles. The van der Waals surface area contributed by atoms with Crippen LogP contribution in [-0.2, 0) is 0 Å². The van der Waals surface area contributed by atoms with Crippen LogP contribution >= 0.6 is 11.3 Å². The van der Waals surface area contributed by atoms with E-state index in [1.807, 2.05) is 17.9 Å². The van der Waals surface area contributed by atoms with E-state index in [1.165, 1.54) is 23.5 Å². The highest BCUT2D eigenvalue weighted by Gasteiger charge is 2.23. The summed E-state index contributed by atoms with van der Waals surface area (Å²) < 4.78 is 13.1. The van der Waals surface area contributed by atoms with Gasteiger partial charge >= 0.3 is 0 Å². The molecule has 0 unspecified atom stereocenters. The van der Waals surface area contributed by atoms with Crippen molar-refractivity contribution in [3.63, 3.8) is 0 Å². The van der Waals surface area contributed by atoms with Gasteiger partial charge in [-0.3, -0.25) is 9.69 Å². The van der Waals surface area contributed by atoms with Crippen molar-refractivity contribution in [2.75, 3.05) is 39.3 Å². The van der Waals surface area contributed by atoms with Gasteiger partial charge in [-0.2, -0.15) is 0 Å². The normalized spacial score (nSPS) is 15.7. The number of carbonyl (C=O) groups is 1. The summed E-state index contributed by atoms with van der Waals surface area (Å²) in [6.07, 6.45) is 0. The van der Waals surface area contributed by atoms with E-state index >= 15 is 0 Å². The monoisotopic (exact) mass is 348 g/mol. The molecule has 24 heavy (non-hydrogen) atoms. The van der Waals surface area contributed by atoms with E-state index in [9.17, 15) is 9.18 Å². The van der Waals surface area contributed by atoms with Gasteiger partial charge in [0.25, 0.3) is 5.91 Å². The van der Waals surface area contributed by atoms with Gasteiger partial charge in [-0.1, -0.05) is 12.1 Å². The van der Waals surface area contributed by atoms with E-state index in [-0.39, 0.29) is 18.3 Å². The first kappa shape index (κ1) is 17.1. The summed E-state index contributed by atoms with van der Waals surface area (Å²) >= 11 is 1.46. The van der Waals surface area contributed by atoms with Crippen LogP contribution in [0.5, 0.6) is 0 Å². The van der Waals surface area contributed by atoms with Crippen molar-refractivity contribution in [2.24, 2.45) is 0 Å². The third-order valence-electron chi connectivity index (χ3n) is 4.31. The summed E-state index contributed by atoms with van der Waals surface area (Å²) in [5, 5.41) is 8.99. The van der Waals surface area contributed by atoms with Crippen molar-refractivity contribution in [2.45, 2.75) is 6.92 Å². The number of aliphatic hydroxyl groups is 1. The number of carbonyl (C=O) groups excluding carboxylic acids is 1. The molecule has 1 N–H and O–H groups in total. The molecule has 4 nitrogen and oxygen atoms in total. The second kappa shape index (κ2) is 7.42. The number of thiophene rings is 1. The van der Waals surface area contributed by atoms with Crippen molar-refractivity contribution < 1.29 is 14.3 Å². The maximum atomic E-state index is 13.1. The van der Waals surface area contributed by atoms with Gasteiger partial charge in [0.2, 0.25) is 0 Å². The summed E-state index contributed by atoms with van der Waals surface area (Å²) in [6, 6.07) is 8.30. The Morgan fingerprint density at radius 2 is 1.88 bits per heavy atom. The van der Waals surface area contributed by atoms with Crippen molar-refractivity contribution in [3.8, 4) is 10.4 Å². The van der Waals surface area contributed by atoms with Crippen LogP contribution in [0.15, 0.2) is 30.3 Å². The summed E-state index contributed by atoms with van der Waals surface area (Å²) in [6.45, 7) is 5.74. The molecule has 0 radical (unpaired) electrons. The fourth-order valence-electron chi connectivity index (χ4n) is 2.95. The molecular weight excluding hydrogens is 327 g/mol. The Morgan fingerprint density at radius 1 is 1.21 bits per heavy atom. The van der Waals surface area contributed by atoms with Crippen molar-refractivity contribution in [1.82, 2.24) is 9.80 Å². The Labute approximate surface area is 145 Å². The Morgan fingerprint density at radius 3 is 2.50 bits per heavy atom. The molecule has 1 saturated heterocycles. The van der Waals surface area contributed by atoms with Crippen LogP contribution in [0.25, 0.3) is 10.4 Å². The molecule has 0 saturated carbocycles. The number of aryl methyl sites for hydroxylation is 1. The van der Waals surface area contributed by atoms with Crippen molar-refractivity contribution in [3.05, 3.63) is 46.6 Å². The minimum Gasteiger partial charge on any atom is -0.395 e. The number of β-amino-alcohol motifs (C(OH)–C–C–N with tert-alkyl or cyclic N) is 1. The molecule has 3 rings (SSSR count). The summed E-state index contributed by atoms with van der Waals surface area (Å²) in [5.74, 6) is -0.204. The average Bonchev–Trinajstić information content (AvgIpc) is 2.98. The number of piperazine rings is 1. The van der Waals surface area contributed by atoms with Crippen LogP contribution in [0.2, 0.25) is 0 Å². The highest BCUT2D eigenvalue weighted by atomic mass is 32.1. The maximum absolute atomic E-state index is 13.1. The lowest BCUT2D eigenvalue weighted by atomic mass is 10.1. The minimum absolute atomic E-state index is 0.0557. The number of halogens is 1. The zero-order valence-corrected chi connectivity index (χ0v) is 14.5. The lowest BCUT2D eigenvalue weighted by molar-refractivity contribution is 0.0619. The van der Waals surface area contributed by atoms with E-state index in [0.717, 1.165) is 34.0 Å². The molecule has 2 heterocycles. The molecule has 2 aromatic rings. The van der Waals surface area contributed by atoms with E-state index in [4.69, 9.17) is 5.11 Å². The molecule has 128 valence electrons. The first-order chi connectivity index (χ1) is 11.6. The number of hydrogen-bond donors (Lipinski definition) is 1. The Hall–Kier alpha value is -1.76. The number of benzene rings is 1. The molecule has 1 aliphatic rings. The second-order valence-corrected chi connectivity index (χ2v) is 7.04. The van der Waals surface area contributed by atoms with E-state index in [2.05, 4.69) is 4.90 Å². The zero-order valence-electron chi connectivity index (χ0n) is 13.7. The third kappa shape index (κ3) is 3.66. The topological polar surface area (TPSA) is 43.8 Å². The first-order valence-corrected chi connectivity index (χ1v) is 8.89. The Kier molecular flexibility index (Phi) is 5.28. The molecule has 6 heteroatoms. The summed E-state index contributed by atoms with van der Waals surface area (Å²) in [5.41, 5.74) is 1.97. The van der Waals surface area contributed by atoms with Gasteiger partial charge in [0.1, 0.15) is 5.82 Å². The number of aliphatic hydroxyl groups excluding tert-OH is 1. The average molecular weight is 348 g/mol. The molecule has 0 spiro atoms. The standard InChI is InChI=1S/C18H21FN2O2S/c1-13-12-16(24-17(13)14-2-4-15(19)5-3-14)18(23)21-8-6-20(7-9-21)10-11-22/h2-5,12,22H,6-11H2,1H3. The summed E-state index contributed by atoms with van der Waals surface area (Å²) in [4.78, 5) is 18.5. The van der Waals surface area contributed by atoms with Crippen LogP contribution in [0, 0.1) is 12.7 Å². The largest absolute Gasteiger partial charge is 0.395 e. The third-order valence-corrected chi connectivity index (χ3v) is 5.58. The van der Waals surface area contributed by atoms with Gasteiger partial charge in [-0.15, -0.1) is 11.3 Å². The van der Waals surface area contributed by atoms with Crippen molar-refractivity contribution >= 4 is 17.2 Å². The number of amides is 1. The van der Waals surface area contributed by atoms with Crippen LogP contribution in [-0.4, -0.2) is 60.1 Å². The highest BCUT2D eigenvalue weighted by Crippen LogP contribution is 2.33. The molecule has 1 aromatic heterocycles. The predicted molar refractivity (Wildman–Crippen MR) is 93.9 cm³/mol. The smallest absolute Gasteiger partial charge is 0.264 e. The SMILES string of the molecule is Cc1cc(C(=O)N2CCN(CCO)CC2)sc1-c1ccc(F)cc1. The molecule has 0 atom stereocenters. The van der Waals surface area contributed by atoms with Gasteiger partial charge in [0.15, 0.2) is 0 Å². The van der Waals surface area contributed by atoms with E-state index < -0.39 is 0 Å². The van der Waals surface area contributed by atoms with Gasteiger partial charge < -0.3 is 10.0 Å². The molecule has 1 aromatic carbocycles. The lowest BCUT2D eigenvalue weighted by Crippen LogP contribution is -2.49. The fourth-order valence-corrected chi connectivity index (χ4v) is 4.09. The lowest BCUT2D eigenvalue weighted by Gasteiger charge is -2.34. The van der Waals surface area contributed by atoms with Gasteiger partial charge in [-0.05, 0) is 36.2 Å². The zero-order chi connectivity index (χ0) is 17.1. The molecular formula is C18H21FN2O2S. The Bertz CT molecular complexity index is 706.